The van der Waals surface area contributed by atoms with Crippen molar-refractivity contribution < 1.29 is 14.3 Å². The van der Waals surface area contributed by atoms with Gasteiger partial charge in [0, 0.05) is 12.6 Å². The van der Waals surface area contributed by atoms with Gasteiger partial charge < -0.3 is 14.0 Å². The maximum absolute atomic E-state index is 12.8. The molecule has 7 nitrogen and oxygen atoms in total. The van der Waals surface area contributed by atoms with Gasteiger partial charge >= 0.3 is 6.09 Å². The summed E-state index contributed by atoms with van der Waals surface area (Å²) in [5, 5.41) is 0. The maximum atomic E-state index is 12.8. The molecule has 1 aliphatic carbocycles. The second-order valence-corrected chi connectivity index (χ2v) is 9.34. The van der Waals surface area contributed by atoms with E-state index in [1.165, 1.54) is 0 Å². The Morgan fingerprint density at radius 2 is 2.12 bits per heavy atom. The van der Waals surface area contributed by atoms with E-state index in [0.29, 0.717) is 12.2 Å². The largest absolute Gasteiger partial charge is 0.497 e. The van der Waals surface area contributed by atoms with E-state index >= 15 is 0 Å². The van der Waals surface area contributed by atoms with Gasteiger partial charge in [-0.15, -0.1) is 0 Å². The lowest BCUT2D eigenvalue weighted by molar-refractivity contribution is -0.0264. The van der Waals surface area contributed by atoms with Crippen LogP contribution >= 0.6 is 0 Å². The molecule has 0 radical (unpaired) electrons. The normalized spacial score (nSPS) is 25.2. The number of anilines is 1. The lowest BCUT2D eigenvalue weighted by atomic mass is 9.68. The van der Waals surface area contributed by atoms with Gasteiger partial charge in [-0.25, -0.2) is 14.6 Å². The Hall–Kier alpha value is -3.53. The number of fused-ring (bicyclic) bond motifs is 1. The summed E-state index contributed by atoms with van der Waals surface area (Å²) in [4.78, 5) is 22.6. The number of hydrogen-bond donors (Lipinski definition) is 0. The Kier molecular flexibility index (Phi) is 4.81. The Morgan fingerprint density at radius 1 is 1.25 bits per heavy atom. The molecule has 1 saturated heterocycles. The van der Waals surface area contributed by atoms with E-state index < -0.39 is 5.60 Å². The van der Waals surface area contributed by atoms with E-state index in [1.807, 2.05) is 42.7 Å². The van der Waals surface area contributed by atoms with Crippen LogP contribution in [0.3, 0.4) is 0 Å². The highest BCUT2D eigenvalue weighted by molar-refractivity contribution is 5.90. The quantitative estimate of drug-likeness (QED) is 0.508. The van der Waals surface area contributed by atoms with Crippen LogP contribution in [0.1, 0.15) is 32.6 Å². The Morgan fingerprint density at radius 3 is 2.94 bits per heavy atom. The minimum absolute atomic E-state index is 0.0509. The van der Waals surface area contributed by atoms with Crippen molar-refractivity contribution in [2.75, 3.05) is 18.6 Å². The summed E-state index contributed by atoms with van der Waals surface area (Å²) in [7, 11) is 1.62. The summed E-state index contributed by atoms with van der Waals surface area (Å²) in [5.74, 6) is 0.718. The third-order valence-corrected chi connectivity index (χ3v) is 6.78. The highest BCUT2D eigenvalue weighted by Gasteiger charge is 2.51. The van der Waals surface area contributed by atoms with Crippen molar-refractivity contribution in [1.82, 2.24) is 9.55 Å². The molecule has 0 N–H and O–H groups in total. The van der Waals surface area contributed by atoms with Crippen LogP contribution in [0.4, 0.5) is 16.2 Å². The van der Waals surface area contributed by atoms with Crippen LogP contribution in [0.2, 0.25) is 0 Å². The predicted molar refractivity (Wildman–Crippen MR) is 122 cm³/mol. The molecule has 164 valence electrons. The molecule has 3 aromatic rings. The van der Waals surface area contributed by atoms with Crippen LogP contribution in [0, 0.1) is 12.0 Å². The first kappa shape index (κ1) is 20.4. The monoisotopic (exact) mass is 430 g/mol. The minimum atomic E-state index is -0.495. The molecule has 1 aliphatic heterocycles. The molecule has 0 unspecified atom stereocenters. The van der Waals surface area contributed by atoms with Gasteiger partial charge in [-0.3, -0.25) is 4.90 Å². The van der Waals surface area contributed by atoms with E-state index in [1.54, 1.807) is 18.1 Å². The molecular formula is C25H26N4O3. The van der Waals surface area contributed by atoms with Gasteiger partial charge in [0.25, 0.3) is 0 Å². The first-order valence-corrected chi connectivity index (χ1v) is 10.9. The highest BCUT2D eigenvalue weighted by Crippen LogP contribution is 2.48. The van der Waals surface area contributed by atoms with Gasteiger partial charge in [0.15, 0.2) is 5.69 Å². The molecule has 2 aromatic carbocycles. The predicted octanol–water partition coefficient (Wildman–Crippen LogP) is 5.57. The number of carbonyl (C=O) groups is 1. The topological polar surface area (TPSA) is 61.0 Å². The molecule has 2 aliphatic rings. The highest BCUT2D eigenvalue weighted by atomic mass is 16.6. The summed E-state index contributed by atoms with van der Waals surface area (Å²) in [6.07, 6.45) is 5.25. The van der Waals surface area contributed by atoms with Crippen LogP contribution in [-0.4, -0.2) is 34.9 Å². The van der Waals surface area contributed by atoms with Crippen molar-refractivity contribution in [2.45, 2.75) is 44.8 Å². The van der Waals surface area contributed by atoms with Gasteiger partial charge in [-0.05, 0) is 55.4 Å². The van der Waals surface area contributed by atoms with Gasteiger partial charge in [0.2, 0.25) is 0 Å². The van der Waals surface area contributed by atoms with Crippen LogP contribution in [-0.2, 0) is 11.3 Å². The number of rotatable bonds is 4. The number of imidazole rings is 1. The lowest BCUT2D eigenvalue weighted by Gasteiger charge is -2.43. The molecule has 2 atom stereocenters. The number of aromatic nitrogens is 2. The molecule has 32 heavy (non-hydrogen) atoms. The van der Waals surface area contributed by atoms with Crippen molar-refractivity contribution >= 4 is 28.5 Å². The fourth-order valence-corrected chi connectivity index (χ4v) is 5.40. The number of hydrogen-bond acceptors (Lipinski definition) is 4. The van der Waals surface area contributed by atoms with Crippen molar-refractivity contribution in [2.24, 2.45) is 5.41 Å². The average molecular weight is 431 g/mol. The van der Waals surface area contributed by atoms with Gasteiger partial charge in [-0.1, -0.05) is 19.1 Å². The zero-order valence-corrected chi connectivity index (χ0v) is 18.4. The molecule has 0 bridgehead atoms. The number of carbonyl (C=O) groups excluding carboxylic acids is 1. The molecule has 2 heterocycles. The number of ether oxygens (including phenoxy) is 2. The zero-order chi connectivity index (χ0) is 22.3. The summed E-state index contributed by atoms with van der Waals surface area (Å²) in [6.45, 7) is 10.9. The van der Waals surface area contributed by atoms with Crippen LogP contribution in [0.5, 0.6) is 5.75 Å². The standard InChI is InChI=1S/C25H26N4O3/c1-24(15-28-17-27-21-9-8-18(26-2)12-22(21)28)10-5-11-25(14-24)16-29(23(30)32-25)19-6-4-7-20(13-19)31-3/h4,6-9,12-13,17H,5,10-11,14-16H2,1,3H3/t24-,25-/m0/s1. The fraction of sp³-hybridized carbons (Fsp3) is 0.400. The van der Waals surface area contributed by atoms with Crippen molar-refractivity contribution in [3.05, 3.63) is 60.2 Å². The first-order valence-electron chi connectivity index (χ1n) is 10.9. The zero-order valence-electron chi connectivity index (χ0n) is 18.4. The van der Waals surface area contributed by atoms with E-state index in [0.717, 1.165) is 54.7 Å². The third kappa shape index (κ3) is 3.56. The Bertz CT molecular complexity index is 1230. The third-order valence-electron chi connectivity index (χ3n) is 6.78. The van der Waals surface area contributed by atoms with Crippen LogP contribution in [0.25, 0.3) is 15.9 Å². The molecule has 5 rings (SSSR count). The lowest BCUT2D eigenvalue weighted by Crippen LogP contribution is -2.45. The Balaban J connectivity index is 1.39. The second kappa shape index (κ2) is 7.56. The summed E-state index contributed by atoms with van der Waals surface area (Å²) in [5.41, 5.74) is 2.73. The van der Waals surface area contributed by atoms with E-state index in [-0.39, 0.29) is 11.5 Å². The maximum Gasteiger partial charge on any atom is 0.415 e. The molecule has 1 amide bonds. The Labute approximate surface area is 187 Å². The number of amides is 1. The molecule has 1 saturated carbocycles. The van der Waals surface area contributed by atoms with Crippen molar-refractivity contribution in [3.63, 3.8) is 0 Å². The molecule has 1 spiro atoms. The SMILES string of the molecule is [C-]#[N+]c1ccc2ncn(C[C@@]3(C)CCC[C@@]4(CN(c5cccc(OC)c5)C(=O)O4)C3)c2c1. The summed E-state index contributed by atoms with van der Waals surface area (Å²) in [6, 6.07) is 13.1. The number of nitrogens with zero attached hydrogens (tertiary/aromatic N) is 4. The van der Waals surface area contributed by atoms with E-state index in [2.05, 4.69) is 21.3 Å². The van der Waals surface area contributed by atoms with Gasteiger partial charge in [0.1, 0.15) is 11.4 Å². The van der Waals surface area contributed by atoms with Crippen LogP contribution in [0.15, 0.2) is 48.8 Å². The molecule has 1 aromatic heterocycles. The van der Waals surface area contributed by atoms with Crippen LogP contribution < -0.4 is 9.64 Å². The summed E-state index contributed by atoms with van der Waals surface area (Å²) < 4.78 is 13.5. The average Bonchev–Trinajstić information content (AvgIpc) is 3.33. The molecule has 2 fully saturated rings. The smallest absolute Gasteiger partial charge is 0.415 e. The first-order chi connectivity index (χ1) is 15.4. The molecule has 7 heteroatoms. The fourth-order valence-electron chi connectivity index (χ4n) is 5.40. The minimum Gasteiger partial charge on any atom is -0.497 e. The van der Waals surface area contributed by atoms with E-state index in [4.69, 9.17) is 16.0 Å². The van der Waals surface area contributed by atoms with Gasteiger partial charge in [-0.2, -0.15) is 0 Å². The second-order valence-electron chi connectivity index (χ2n) is 9.34. The van der Waals surface area contributed by atoms with Crippen molar-refractivity contribution in [1.29, 1.82) is 0 Å². The van der Waals surface area contributed by atoms with Gasteiger partial charge in [0.05, 0.1) is 43.3 Å². The number of methoxy groups -OCH3 is 1. The van der Waals surface area contributed by atoms with E-state index in [9.17, 15) is 4.79 Å². The van der Waals surface area contributed by atoms with Crippen molar-refractivity contribution in [3.8, 4) is 5.75 Å². The summed E-state index contributed by atoms with van der Waals surface area (Å²) >= 11 is 0. The molecular weight excluding hydrogens is 404 g/mol. The number of benzene rings is 2.